The van der Waals surface area contributed by atoms with Crippen molar-refractivity contribution in [1.82, 2.24) is 19.7 Å². The Morgan fingerprint density at radius 1 is 1.17 bits per heavy atom. The molecule has 0 aliphatic heterocycles. The number of hydrogen-bond donors (Lipinski definition) is 1. The van der Waals surface area contributed by atoms with E-state index in [4.69, 9.17) is 16.0 Å². The molecule has 29 heavy (non-hydrogen) atoms. The maximum atomic E-state index is 6.26. The minimum absolute atomic E-state index is 0.408. The van der Waals surface area contributed by atoms with Crippen molar-refractivity contribution in [3.8, 4) is 0 Å². The van der Waals surface area contributed by atoms with E-state index in [1.807, 2.05) is 34.9 Å². The fourth-order valence-electron chi connectivity index (χ4n) is 2.98. The van der Waals surface area contributed by atoms with Crippen LogP contribution in [0.2, 0.25) is 5.02 Å². The van der Waals surface area contributed by atoms with Gasteiger partial charge in [-0.05, 0) is 42.2 Å². The Kier molecular flexibility index (Phi) is 5.78. The van der Waals surface area contributed by atoms with Crippen molar-refractivity contribution in [1.29, 1.82) is 0 Å². The van der Waals surface area contributed by atoms with Crippen LogP contribution >= 0.6 is 23.4 Å². The van der Waals surface area contributed by atoms with Gasteiger partial charge in [-0.1, -0.05) is 61.5 Å². The molecule has 1 N–H and O–H groups in total. The van der Waals surface area contributed by atoms with Gasteiger partial charge in [-0.25, -0.2) is 0 Å². The van der Waals surface area contributed by atoms with Gasteiger partial charge in [0.1, 0.15) is 5.52 Å². The number of halogens is 1. The molecule has 2 heterocycles. The first kappa shape index (κ1) is 19.8. The van der Waals surface area contributed by atoms with E-state index >= 15 is 0 Å². The summed E-state index contributed by atoms with van der Waals surface area (Å²) in [7, 11) is 0. The second kappa shape index (κ2) is 8.47. The van der Waals surface area contributed by atoms with E-state index < -0.39 is 0 Å². The number of hydrogen-bond acceptors (Lipinski definition) is 6. The topological polar surface area (TPSA) is 68.8 Å². The van der Waals surface area contributed by atoms with Gasteiger partial charge in [0.05, 0.1) is 0 Å². The highest BCUT2D eigenvalue weighted by molar-refractivity contribution is 7.98. The number of nitrogens with zero attached hydrogens (tertiary/aromatic N) is 4. The maximum Gasteiger partial charge on any atom is 0.302 e. The summed E-state index contributed by atoms with van der Waals surface area (Å²) >= 11 is 7.85. The summed E-state index contributed by atoms with van der Waals surface area (Å²) < 4.78 is 7.83. The van der Waals surface area contributed by atoms with Crippen LogP contribution in [0.1, 0.15) is 37.8 Å². The van der Waals surface area contributed by atoms with Gasteiger partial charge in [0.15, 0.2) is 10.7 Å². The summed E-state index contributed by atoms with van der Waals surface area (Å²) in [6, 6.07) is 14.3. The molecule has 0 aliphatic carbocycles. The normalized spacial score (nSPS) is 11.5. The lowest BCUT2D eigenvalue weighted by atomic mass is 10.0. The Balaban J connectivity index is 1.53. The smallest absolute Gasteiger partial charge is 0.302 e. The fraction of sp³-hybridized carbons (Fsp3) is 0.286. The van der Waals surface area contributed by atoms with E-state index in [2.05, 4.69) is 53.4 Å². The average molecular weight is 428 g/mol. The fourth-order valence-corrected chi connectivity index (χ4v) is 4.27. The molecule has 4 aromatic rings. The zero-order chi connectivity index (χ0) is 20.4. The second-order valence-electron chi connectivity index (χ2n) is 6.96. The zero-order valence-electron chi connectivity index (χ0n) is 16.5. The number of benzene rings is 2. The Morgan fingerprint density at radius 3 is 2.76 bits per heavy atom. The average Bonchev–Trinajstić information content (AvgIpc) is 3.29. The molecule has 0 radical (unpaired) electrons. The van der Waals surface area contributed by atoms with Gasteiger partial charge in [0.25, 0.3) is 0 Å². The molecule has 6 nitrogen and oxygen atoms in total. The van der Waals surface area contributed by atoms with Crippen molar-refractivity contribution < 1.29 is 4.42 Å². The van der Waals surface area contributed by atoms with Gasteiger partial charge in [-0.15, -0.1) is 10.2 Å². The summed E-state index contributed by atoms with van der Waals surface area (Å²) in [5.41, 5.74) is 3.87. The Morgan fingerprint density at radius 2 is 2.00 bits per heavy atom. The molecule has 0 bridgehead atoms. The van der Waals surface area contributed by atoms with Crippen molar-refractivity contribution in [3.05, 3.63) is 58.6 Å². The van der Waals surface area contributed by atoms with Gasteiger partial charge in [-0.3, -0.25) is 9.88 Å². The van der Waals surface area contributed by atoms with Crippen LogP contribution in [0.3, 0.4) is 0 Å². The Labute approximate surface area is 178 Å². The summed E-state index contributed by atoms with van der Waals surface area (Å²) in [5.74, 6) is 1.76. The lowest BCUT2D eigenvalue weighted by molar-refractivity contribution is 0.616. The number of aromatic nitrogens is 4. The van der Waals surface area contributed by atoms with E-state index in [1.165, 1.54) is 5.56 Å². The van der Waals surface area contributed by atoms with Gasteiger partial charge < -0.3 is 4.42 Å². The van der Waals surface area contributed by atoms with E-state index in [1.54, 1.807) is 11.8 Å². The molecule has 0 saturated heterocycles. The molecule has 8 heteroatoms. The lowest BCUT2D eigenvalue weighted by Crippen LogP contribution is -2.03. The summed E-state index contributed by atoms with van der Waals surface area (Å²) in [6.07, 6.45) is 0. The third kappa shape index (κ3) is 4.26. The number of fused-ring (bicyclic) bond motifs is 1. The van der Waals surface area contributed by atoms with Crippen molar-refractivity contribution >= 4 is 46.4 Å². The maximum absolute atomic E-state index is 6.26. The molecule has 150 valence electrons. The van der Waals surface area contributed by atoms with Gasteiger partial charge >= 0.3 is 6.01 Å². The van der Waals surface area contributed by atoms with Gasteiger partial charge in [0, 0.05) is 17.3 Å². The van der Waals surface area contributed by atoms with Crippen molar-refractivity contribution in [2.45, 2.75) is 44.1 Å². The molecule has 2 aromatic heterocycles. The molecular weight excluding hydrogens is 406 g/mol. The number of rotatable bonds is 7. The minimum Gasteiger partial charge on any atom is -0.423 e. The standard InChI is InChI=1S/C21H22ClN5OS/c1-4-27-19(25-26-21(27)29-12-15-7-5-6-8-16(15)22)24-20-23-17-11-14(13(2)3)9-10-18(17)28-20/h5-11,13H,4,12H2,1-3H3,(H,23,24,25). The first-order valence-corrected chi connectivity index (χ1v) is 10.9. The number of nitrogens with one attached hydrogen (secondary N) is 1. The Hall–Kier alpha value is -2.51. The second-order valence-corrected chi connectivity index (χ2v) is 8.31. The quantitative estimate of drug-likeness (QED) is 0.351. The van der Waals surface area contributed by atoms with Gasteiger partial charge in [0.2, 0.25) is 5.95 Å². The molecule has 0 fully saturated rings. The predicted octanol–water partition coefficient (Wildman–Crippen LogP) is 6.25. The third-order valence-electron chi connectivity index (χ3n) is 4.64. The van der Waals surface area contributed by atoms with E-state index in [-0.39, 0.29) is 0 Å². The number of anilines is 2. The number of thioether (sulfide) groups is 1. The summed E-state index contributed by atoms with van der Waals surface area (Å²) in [5, 5.41) is 13.3. The Bertz CT molecular complexity index is 1140. The largest absolute Gasteiger partial charge is 0.423 e. The van der Waals surface area contributed by atoms with E-state index in [0.717, 1.165) is 39.1 Å². The van der Waals surface area contributed by atoms with Crippen LogP contribution < -0.4 is 5.32 Å². The molecule has 2 aromatic carbocycles. The molecule has 0 aliphatic rings. The van der Waals surface area contributed by atoms with E-state index in [9.17, 15) is 0 Å². The molecule has 0 atom stereocenters. The molecule has 4 rings (SSSR count). The highest BCUT2D eigenvalue weighted by Gasteiger charge is 2.15. The lowest BCUT2D eigenvalue weighted by Gasteiger charge is -2.07. The van der Waals surface area contributed by atoms with Crippen LogP contribution in [0.4, 0.5) is 12.0 Å². The number of oxazole rings is 1. The first-order chi connectivity index (χ1) is 14.0. The van der Waals surface area contributed by atoms with Crippen molar-refractivity contribution in [3.63, 3.8) is 0 Å². The first-order valence-electron chi connectivity index (χ1n) is 9.52. The molecule has 0 amide bonds. The van der Waals surface area contributed by atoms with Gasteiger partial charge in [-0.2, -0.15) is 4.98 Å². The zero-order valence-corrected chi connectivity index (χ0v) is 18.1. The van der Waals surface area contributed by atoms with Crippen LogP contribution in [-0.4, -0.2) is 19.7 Å². The molecular formula is C21H22ClN5OS. The van der Waals surface area contributed by atoms with Crippen LogP contribution in [0.15, 0.2) is 52.0 Å². The van der Waals surface area contributed by atoms with Crippen LogP contribution in [0, 0.1) is 0 Å². The highest BCUT2D eigenvalue weighted by Crippen LogP contribution is 2.29. The van der Waals surface area contributed by atoms with Crippen molar-refractivity contribution in [2.24, 2.45) is 0 Å². The highest BCUT2D eigenvalue weighted by atomic mass is 35.5. The van der Waals surface area contributed by atoms with Crippen LogP contribution in [0.25, 0.3) is 11.1 Å². The summed E-state index contributed by atoms with van der Waals surface area (Å²) in [4.78, 5) is 4.56. The molecule has 0 unspecified atom stereocenters. The van der Waals surface area contributed by atoms with Crippen LogP contribution in [-0.2, 0) is 12.3 Å². The molecule has 0 spiro atoms. The van der Waals surface area contributed by atoms with Crippen molar-refractivity contribution in [2.75, 3.05) is 5.32 Å². The third-order valence-corrected chi connectivity index (χ3v) is 6.03. The SMILES string of the molecule is CCn1c(Nc2nc3cc(C(C)C)ccc3o2)nnc1SCc1ccccc1Cl. The predicted molar refractivity (Wildman–Crippen MR) is 118 cm³/mol. The molecule has 0 saturated carbocycles. The monoisotopic (exact) mass is 427 g/mol. The van der Waals surface area contributed by atoms with E-state index in [0.29, 0.717) is 17.9 Å². The minimum atomic E-state index is 0.408. The van der Waals surface area contributed by atoms with Crippen LogP contribution in [0.5, 0.6) is 0 Å². The summed E-state index contributed by atoms with van der Waals surface area (Å²) in [6.45, 7) is 7.09.